The number of halogens is 1. The minimum atomic E-state index is -3.60. The molecule has 1 aromatic carbocycles. The van der Waals surface area contributed by atoms with Crippen LogP contribution in [0, 0.1) is 6.92 Å². The zero-order valence-electron chi connectivity index (χ0n) is 13.2. The van der Waals surface area contributed by atoms with Gasteiger partial charge < -0.3 is 10.5 Å². The standard InChI is InChI=1S/C15H22N2O4S.ClH/c1-10-9-11(15(18)21-2)3-8-14(10)22(19,20)17-13-6-4-12(16)5-7-13;/h3,8-9,12-13,17H,4-7,16H2,1-2H3;1H. The molecule has 130 valence electrons. The van der Waals surface area contributed by atoms with Gasteiger partial charge in [0.1, 0.15) is 0 Å². The van der Waals surface area contributed by atoms with Crippen molar-refractivity contribution >= 4 is 28.4 Å². The number of carbonyl (C=O) groups is 1. The van der Waals surface area contributed by atoms with Gasteiger partial charge >= 0.3 is 5.97 Å². The number of benzene rings is 1. The third-order valence-electron chi connectivity index (χ3n) is 3.98. The number of aryl methyl sites for hydroxylation is 1. The Morgan fingerprint density at radius 2 is 1.87 bits per heavy atom. The van der Waals surface area contributed by atoms with Crippen molar-refractivity contribution in [1.82, 2.24) is 4.72 Å². The second kappa shape index (κ2) is 8.10. The van der Waals surface area contributed by atoms with Gasteiger partial charge in [0.05, 0.1) is 17.6 Å². The molecule has 0 aromatic heterocycles. The Hall–Kier alpha value is -1.15. The molecule has 1 aliphatic carbocycles. The highest BCUT2D eigenvalue weighted by Gasteiger charge is 2.25. The molecule has 0 spiro atoms. The monoisotopic (exact) mass is 362 g/mol. The summed E-state index contributed by atoms with van der Waals surface area (Å²) < 4.78 is 32.4. The van der Waals surface area contributed by atoms with E-state index in [0.717, 1.165) is 25.7 Å². The van der Waals surface area contributed by atoms with Crippen molar-refractivity contribution in [3.8, 4) is 0 Å². The van der Waals surface area contributed by atoms with E-state index in [1.807, 2.05) is 0 Å². The number of rotatable bonds is 4. The van der Waals surface area contributed by atoms with E-state index in [2.05, 4.69) is 9.46 Å². The minimum absolute atomic E-state index is 0. The van der Waals surface area contributed by atoms with E-state index in [4.69, 9.17) is 5.73 Å². The summed E-state index contributed by atoms with van der Waals surface area (Å²) in [6.07, 6.45) is 3.15. The fraction of sp³-hybridized carbons (Fsp3) is 0.533. The summed E-state index contributed by atoms with van der Waals surface area (Å²) in [6.45, 7) is 1.66. The number of sulfonamides is 1. The minimum Gasteiger partial charge on any atom is -0.465 e. The van der Waals surface area contributed by atoms with Crippen LogP contribution in [0.3, 0.4) is 0 Å². The topological polar surface area (TPSA) is 98.5 Å². The number of methoxy groups -OCH3 is 1. The number of esters is 1. The maximum absolute atomic E-state index is 12.5. The fourth-order valence-corrected chi connectivity index (χ4v) is 4.25. The highest BCUT2D eigenvalue weighted by molar-refractivity contribution is 7.89. The number of carbonyl (C=O) groups excluding carboxylic acids is 1. The van der Waals surface area contributed by atoms with Crippen LogP contribution in [0.1, 0.15) is 41.6 Å². The molecule has 0 aliphatic heterocycles. The van der Waals surface area contributed by atoms with Gasteiger partial charge in [-0.15, -0.1) is 12.4 Å². The first kappa shape index (κ1) is 19.9. The molecule has 1 aliphatic rings. The molecule has 0 atom stereocenters. The van der Waals surface area contributed by atoms with Crippen molar-refractivity contribution in [1.29, 1.82) is 0 Å². The molecule has 0 bridgehead atoms. The zero-order valence-corrected chi connectivity index (χ0v) is 14.9. The quantitative estimate of drug-likeness (QED) is 0.795. The third-order valence-corrected chi connectivity index (χ3v) is 5.66. The SMILES string of the molecule is COC(=O)c1ccc(S(=O)(=O)NC2CCC(N)CC2)c(C)c1.Cl. The van der Waals surface area contributed by atoms with Crippen LogP contribution in [0.2, 0.25) is 0 Å². The van der Waals surface area contributed by atoms with Crippen molar-refractivity contribution in [2.45, 2.75) is 49.6 Å². The van der Waals surface area contributed by atoms with E-state index in [1.165, 1.54) is 25.3 Å². The summed E-state index contributed by atoms with van der Waals surface area (Å²) >= 11 is 0. The normalized spacial score (nSPS) is 21.3. The maximum atomic E-state index is 12.5. The lowest BCUT2D eigenvalue weighted by Gasteiger charge is -2.26. The van der Waals surface area contributed by atoms with Crippen LogP contribution in [0.15, 0.2) is 23.1 Å². The van der Waals surface area contributed by atoms with Crippen molar-refractivity contribution < 1.29 is 17.9 Å². The number of hydrogen-bond donors (Lipinski definition) is 2. The van der Waals surface area contributed by atoms with Gasteiger partial charge in [-0.25, -0.2) is 17.9 Å². The van der Waals surface area contributed by atoms with Gasteiger partial charge in [-0.3, -0.25) is 0 Å². The van der Waals surface area contributed by atoms with Crippen molar-refractivity contribution in [3.05, 3.63) is 29.3 Å². The van der Waals surface area contributed by atoms with E-state index in [-0.39, 0.29) is 29.4 Å². The maximum Gasteiger partial charge on any atom is 0.337 e. The number of hydrogen-bond acceptors (Lipinski definition) is 5. The molecule has 0 unspecified atom stereocenters. The van der Waals surface area contributed by atoms with E-state index >= 15 is 0 Å². The van der Waals surface area contributed by atoms with Gasteiger partial charge in [-0.05, 0) is 56.4 Å². The van der Waals surface area contributed by atoms with Crippen LogP contribution < -0.4 is 10.5 Å². The molecule has 1 fully saturated rings. The smallest absolute Gasteiger partial charge is 0.337 e. The number of nitrogens with two attached hydrogens (primary N) is 1. The Balaban J connectivity index is 0.00000264. The van der Waals surface area contributed by atoms with Gasteiger partial charge in [0.25, 0.3) is 0 Å². The van der Waals surface area contributed by atoms with Crippen LogP contribution in [0.25, 0.3) is 0 Å². The summed E-state index contributed by atoms with van der Waals surface area (Å²) in [5.41, 5.74) is 6.69. The number of ether oxygens (including phenoxy) is 1. The second-order valence-corrected chi connectivity index (χ2v) is 7.39. The Bertz CT molecular complexity index is 655. The molecule has 2 rings (SSSR count). The molecule has 0 saturated heterocycles. The Kier molecular flexibility index (Phi) is 7.01. The third kappa shape index (κ3) is 4.91. The molecule has 0 radical (unpaired) electrons. The Morgan fingerprint density at radius 1 is 1.26 bits per heavy atom. The van der Waals surface area contributed by atoms with E-state index in [9.17, 15) is 13.2 Å². The van der Waals surface area contributed by atoms with Crippen LogP contribution in [0.4, 0.5) is 0 Å². The largest absolute Gasteiger partial charge is 0.465 e. The van der Waals surface area contributed by atoms with Crippen LogP contribution in [-0.4, -0.2) is 33.6 Å². The van der Waals surface area contributed by atoms with Gasteiger partial charge in [0.15, 0.2) is 0 Å². The first-order valence-corrected chi connectivity index (χ1v) is 8.78. The van der Waals surface area contributed by atoms with Crippen LogP contribution >= 0.6 is 12.4 Å². The predicted octanol–water partition coefficient (Wildman–Crippen LogP) is 1.75. The summed E-state index contributed by atoms with van der Waals surface area (Å²) in [4.78, 5) is 11.7. The molecular formula is C15H23ClN2O4S. The highest BCUT2D eigenvalue weighted by atomic mass is 35.5. The van der Waals surface area contributed by atoms with Crippen LogP contribution in [0.5, 0.6) is 0 Å². The van der Waals surface area contributed by atoms with E-state index in [1.54, 1.807) is 6.92 Å². The number of nitrogens with one attached hydrogen (secondary N) is 1. The van der Waals surface area contributed by atoms with E-state index < -0.39 is 16.0 Å². The summed E-state index contributed by atoms with van der Waals surface area (Å²) in [7, 11) is -2.31. The molecule has 1 saturated carbocycles. The van der Waals surface area contributed by atoms with Crippen molar-refractivity contribution in [2.75, 3.05) is 7.11 Å². The lowest BCUT2D eigenvalue weighted by atomic mass is 9.93. The molecule has 23 heavy (non-hydrogen) atoms. The Morgan fingerprint density at radius 3 is 2.39 bits per heavy atom. The van der Waals surface area contributed by atoms with Gasteiger partial charge in [-0.1, -0.05) is 0 Å². The molecular weight excluding hydrogens is 340 g/mol. The average Bonchev–Trinajstić information content (AvgIpc) is 2.48. The summed E-state index contributed by atoms with van der Waals surface area (Å²) in [5.74, 6) is -0.485. The first-order valence-electron chi connectivity index (χ1n) is 7.30. The first-order chi connectivity index (χ1) is 10.3. The molecule has 0 heterocycles. The molecule has 6 nitrogen and oxygen atoms in total. The molecule has 3 N–H and O–H groups in total. The van der Waals surface area contributed by atoms with Gasteiger partial charge in [0.2, 0.25) is 10.0 Å². The highest BCUT2D eigenvalue weighted by Crippen LogP contribution is 2.22. The fourth-order valence-electron chi connectivity index (χ4n) is 2.72. The van der Waals surface area contributed by atoms with Gasteiger partial charge in [-0.2, -0.15) is 0 Å². The average molecular weight is 363 g/mol. The lowest BCUT2D eigenvalue weighted by molar-refractivity contribution is 0.0600. The molecule has 0 amide bonds. The Labute approximate surface area is 143 Å². The lowest BCUT2D eigenvalue weighted by Crippen LogP contribution is -2.40. The molecule has 8 heteroatoms. The summed E-state index contributed by atoms with van der Waals surface area (Å²) in [6, 6.07) is 4.52. The predicted molar refractivity (Wildman–Crippen MR) is 90.3 cm³/mol. The van der Waals surface area contributed by atoms with Gasteiger partial charge in [0, 0.05) is 12.1 Å². The van der Waals surface area contributed by atoms with Crippen molar-refractivity contribution in [2.24, 2.45) is 5.73 Å². The van der Waals surface area contributed by atoms with Crippen LogP contribution in [-0.2, 0) is 14.8 Å². The second-order valence-electron chi connectivity index (χ2n) is 5.70. The molecule has 1 aromatic rings. The van der Waals surface area contributed by atoms with Crippen molar-refractivity contribution in [3.63, 3.8) is 0 Å². The summed E-state index contributed by atoms with van der Waals surface area (Å²) in [5, 5.41) is 0. The van der Waals surface area contributed by atoms with E-state index in [0.29, 0.717) is 11.1 Å². The zero-order chi connectivity index (χ0) is 16.3.